The topological polar surface area (TPSA) is 15.3 Å². The average molecular weight is 210 g/mol. The summed E-state index contributed by atoms with van der Waals surface area (Å²) in [6.45, 7) is 3.82. The fourth-order valence-electron chi connectivity index (χ4n) is 1.79. The molecule has 1 fully saturated rings. The molecule has 0 amide bonds. The summed E-state index contributed by atoms with van der Waals surface area (Å²) in [6.07, 6.45) is -3.07. The Balaban J connectivity index is 2.30. The molecule has 0 radical (unpaired) electrons. The predicted octanol–water partition coefficient (Wildman–Crippen LogP) is 1.48. The standard InChI is InChI=1S/C9H17F3N2/c1-2-14(7-9(10,11)12)6-8-3-4-13-5-8/h8,13H,2-7H2,1H3/t8-/m1/s1. The van der Waals surface area contributed by atoms with Gasteiger partial charge in [-0.1, -0.05) is 6.92 Å². The van der Waals surface area contributed by atoms with Gasteiger partial charge in [0.1, 0.15) is 0 Å². The summed E-state index contributed by atoms with van der Waals surface area (Å²) >= 11 is 0. The van der Waals surface area contributed by atoms with Gasteiger partial charge in [-0.2, -0.15) is 13.2 Å². The predicted molar refractivity (Wildman–Crippen MR) is 49.1 cm³/mol. The molecule has 1 aliphatic heterocycles. The summed E-state index contributed by atoms with van der Waals surface area (Å²) in [7, 11) is 0. The molecule has 2 nitrogen and oxygen atoms in total. The summed E-state index contributed by atoms with van der Waals surface area (Å²) in [4.78, 5) is 1.47. The molecule has 1 rings (SSSR count). The zero-order chi connectivity index (χ0) is 10.6. The third kappa shape index (κ3) is 4.28. The number of alkyl halides is 3. The van der Waals surface area contributed by atoms with E-state index in [0.717, 1.165) is 19.5 Å². The lowest BCUT2D eigenvalue weighted by atomic mass is 10.1. The molecule has 1 aliphatic rings. The van der Waals surface area contributed by atoms with E-state index in [1.54, 1.807) is 6.92 Å². The first-order valence-corrected chi connectivity index (χ1v) is 5.01. The third-order valence-corrected chi connectivity index (χ3v) is 2.53. The molecule has 0 spiro atoms. The highest BCUT2D eigenvalue weighted by Crippen LogP contribution is 2.18. The van der Waals surface area contributed by atoms with E-state index in [-0.39, 0.29) is 0 Å². The molecule has 0 aliphatic carbocycles. The zero-order valence-corrected chi connectivity index (χ0v) is 8.40. The van der Waals surface area contributed by atoms with E-state index >= 15 is 0 Å². The monoisotopic (exact) mass is 210 g/mol. The molecule has 1 atom stereocenters. The molecule has 14 heavy (non-hydrogen) atoms. The summed E-state index contributed by atoms with van der Waals surface area (Å²) < 4.78 is 36.3. The number of halogens is 3. The second-order valence-electron chi connectivity index (χ2n) is 3.80. The molecule has 0 unspecified atom stereocenters. The van der Waals surface area contributed by atoms with Crippen molar-refractivity contribution in [2.75, 3.05) is 32.7 Å². The van der Waals surface area contributed by atoms with Gasteiger partial charge < -0.3 is 5.32 Å². The molecule has 1 N–H and O–H groups in total. The Morgan fingerprint density at radius 2 is 2.14 bits per heavy atom. The van der Waals surface area contributed by atoms with Crippen molar-refractivity contribution in [1.29, 1.82) is 0 Å². The molecule has 1 saturated heterocycles. The molecule has 5 heteroatoms. The minimum absolute atomic E-state index is 0.386. The van der Waals surface area contributed by atoms with E-state index in [2.05, 4.69) is 5.32 Å². The molecular weight excluding hydrogens is 193 g/mol. The number of nitrogens with zero attached hydrogens (tertiary/aromatic N) is 1. The van der Waals surface area contributed by atoms with Gasteiger partial charge in [-0.05, 0) is 32.0 Å². The Morgan fingerprint density at radius 1 is 1.43 bits per heavy atom. The molecule has 0 aromatic carbocycles. The van der Waals surface area contributed by atoms with E-state index in [0.29, 0.717) is 19.0 Å². The van der Waals surface area contributed by atoms with E-state index in [1.807, 2.05) is 0 Å². The maximum atomic E-state index is 12.1. The lowest BCUT2D eigenvalue weighted by Gasteiger charge is -2.24. The van der Waals surface area contributed by atoms with E-state index in [4.69, 9.17) is 0 Å². The summed E-state index contributed by atoms with van der Waals surface area (Å²) in [5.74, 6) is 0.386. The van der Waals surface area contributed by atoms with Crippen LogP contribution in [0.4, 0.5) is 13.2 Å². The van der Waals surface area contributed by atoms with E-state index in [1.165, 1.54) is 4.90 Å². The van der Waals surface area contributed by atoms with Crippen LogP contribution in [0.25, 0.3) is 0 Å². The molecule has 0 saturated carbocycles. The van der Waals surface area contributed by atoms with Crippen LogP contribution >= 0.6 is 0 Å². The normalized spacial score (nSPS) is 23.4. The van der Waals surface area contributed by atoms with E-state index < -0.39 is 12.7 Å². The summed E-state index contributed by atoms with van der Waals surface area (Å²) in [5.41, 5.74) is 0. The van der Waals surface area contributed by atoms with Crippen molar-refractivity contribution in [1.82, 2.24) is 10.2 Å². The van der Waals surface area contributed by atoms with Gasteiger partial charge in [0.25, 0.3) is 0 Å². The first kappa shape index (κ1) is 11.8. The highest BCUT2D eigenvalue weighted by Gasteiger charge is 2.31. The van der Waals surface area contributed by atoms with Gasteiger partial charge in [-0.3, -0.25) is 4.90 Å². The quantitative estimate of drug-likeness (QED) is 0.756. The van der Waals surface area contributed by atoms with Crippen LogP contribution in [-0.4, -0.2) is 43.8 Å². The maximum Gasteiger partial charge on any atom is 0.401 e. The zero-order valence-electron chi connectivity index (χ0n) is 8.40. The largest absolute Gasteiger partial charge is 0.401 e. The highest BCUT2D eigenvalue weighted by molar-refractivity contribution is 4.75. The average Bonchev–Trinajstić information content (AvgIpc) is 2.53. The maximum absolute atomic E-state index is 12.1. The number of rotatable bonds is 4. The van der Waals surface area contributed by atoms with Gasteiger partial charge in [0.05, 0.1) is 6.54 Å². The minimum atomic E-state index is -4.07. The van der Waals surface area contributed by atoms with Gasteiger partial charge >= 0.3 is 6.18 Å². The van der Waals surface area contributed by atoms with Gasteiger partial charge in [-0.25, -0.2) is 0 Å². The molecule has 0 bridgehead atoms. The van der Waals surface area contributed by atoms with Crippen LogP contribution in [0, 0.1) is 5.92 Å². The van der Waals surface area contributed by atoms with Crippen molar-refractivity contribution in [3.05, 3.63) is 0 Å². The minimum Gasteiger partial charge on any atom is -0.316 e. The van der Waals surface area contributed by atoms with Crippen LogP contribution in [0.15, 0.2) is 0 Å². The molecule has 0 aromatic heterocycles. The number of hydrogen-bond donors (Lipinski definition) is 1. The van der Waals surface area contributed by atoms with Gasteiger partial charge in [-0.15, -0.1) is 0 Å². The van der Waals surface area contributed by atoms with Gasteiger partial charge in [0, 0.05) is 6.54 Å². The molecule has 1 heterocycles. The van der Waals surface area contributed by atoms with Crippen molar-refractivity contribution < 1.29 is 13.2 Å². The SMILES string of the molecule is CCN(C[C@@H]1CCNC1)CC(F)(F)F. The van der Waals surface area contributed by atoms with Crippen molar-refractivity contribution in [2.24, 2.45) is 5.92 Å². The van der Waals surface area contributed by atoms with Crippen molar-refractivity contribution in [3.8, 4) is 0 Å². The van der Waals surface area contributed by atoms with Gasteiger partial charge in [0.15, 0.2) is 0 Å². The number of hydrogen-bond acceptors (Lipinski definition) is 2. The molecule has 0 aromatic rings. The number of nitrogens with one attached hydrogen (secondary N) is 1. The van der Waals surface area contributed by atoms with Crippen molar-refractivity contribution in [3.63, 3.8) is 0 Å². The Kier molecular flexibility index (Phi) is 4.19. The fraction of sp³-hybridized carbons (Fsp3) is 1.00. The lowest BCUT2D eigenvalue weighted by molar-refractivity contribution is -0.146. The third-order valence-electron chi connectivity index (χ3n) is 2.53. The Hall–Kier alpha value is -0.290. The second kappa shape index (κ2) is 4.98. The Labute approximate surface area is 82.5 Å². The van der Waals surface area contributed by atoms with Crippen molar-refractivity contribution in [2.45, 2.75) is 19.5 Å². The van der Waals surface area contributed by atoms with Gasteiger partial charge in [0.2, 0.25) is 0 Å². The highest BCUT2D eigenvalue weighted by atomic mass is 19.4. The van der Waals surface area contributed by atoms with Crippen LogP contribution in [-0.2, 0) is 0 Å². The van der Waals surface area contributed by atoms with Crippen molar-refractivity contribution >= 4 is 0 Å². The summed E-state index contributed by atoms with van der Waals surface area (Å²) in [6, 6.07) is 0. The Bertz CT molecular complexity index is 164. The smallest absolute Gasteiger partial charge is 0.316 e. The fourth-order valence-corrected chi connectivity index (χ4v) is 1.79. The van der Waals surface area contributed by atoms with Crippen LogP contribution in [0.2, 0.25) is 0 Å². The van der Waals surface area contributed by atoms with Crippen LogP contribution < -0.4 is 5.32 Å². The second-order valence-corrected chi connectivity index (χ2v) is 3.80. The lowest BCUT2D eigenvalue weighted by Crippen LogP contribution is -2.37. The Morgan fingerprint density at radius 3 is 2.57 bits per heavy atom. The molecule has 84 valence electrons. The molecular formula is C9H17F3N2. The van der Waals surface area contributed by atoms with E-state index in [9.17, 15) is 13.2 Å². The first-order valence-electron chi connectivity index (χ1n) is 5.01. The first-order chi connectivity index (χ1) is 6.51. The van der Waals surface area contributed by atoms with Crippen LogP contribution in [0.3, 0.4) is 0 Å². The van der Waals surface area contributed by atoms with Crippen LogP contribution in [0.5, 0.6) is 0 Å². The summed E-state index contributed by atoms with van der Waals surface area (Å²) in [5, 5.41) is 3.16. The van der Waals surface area contributed by atoms with Crippen LogP contribution in [0.1, 0.15) is 13.3 Å².